The van der Waals surface area contributed by atoms with Gasteiger partial charge in [-0.05, 0) is 44.9 Å². The third kappa shape index (κ3) is 3.67. The van der Waals surface area contributed by atoms with Gasteiger partial charge in [0.05, 0.1) is 5.69 Å². The minimum absolute atomic E-state index is 0.178. The molecule has 0 saturated carbocycles. The van der Waals surface area contributed by atoms with Crippen molar-refractivity contribution in [2.24, 2.45) is 0 Å². The Kier molecular flexibility index (Phi) is 4.83. The molecular weight excluding hydrogens is 341 g/mol. The van der Waals surface area contributed by atoms with Crippen LogP contribution in [0.4, 0.5) is 10.2 Å². The monoisotopic (exact) mass is 367 g/mol. The Hall–Kier alpha value is -2.47. The van der Waals surface area contributed by atoms with Gasteiger partial charge in [-0.2, -0.15) is 9.61 Å². The average Bonchev–Trinajstić information content (AvgIpc) is 2.82. The minimum atomic E-state index is -0.178. The predicted molar refractivity (Wildman–Crippen MR) is 106 cm³/mol. The van der Waals surface area contributed by atoms with Crippen molar-refractivity contribution in [3.05, 3.63) is 58.7 Å². The molecule has 27 heavy (non-hydrogen) atoms. The number of fused-ring (bicyclic) bond motifs is 1. The highest BCUT2D eigenvalue weighted by Crippen LogP contribution is 2.23. The molecule has 4 rings (SSSR count). The van der Waals surface area contributed by atoms with E-state index in [9.17, 15) is 4.39 Å². The Morgan fingerprint density at radius 3 is 2.56 bits per heavy atom. The van der Waals surface area contributed by atoms with E-state index >= 15 is 0 Å². The molecule has 5 nitrogen and oxygen atoms in total. The lowest BCUT2D eigenvalue weighted by atomic mass is 10.2. The van der Waals surface area contributed by atoms with Crippen LogP contribution in [0, 0.1) is 26.6 Å². The van der Waals surface area contributed by atoms with Crippen molar-refractivity contribution < 1.29 is 4.39 Å². The quantitative estimate of drug-likeness (QED) is 0.710. The van der Waals surface area contributed by atoms with Gasteiger partial charge in [0, 0.05) is 50.0 Å². The highest BCUT2D eigenvalue weighted by Gasteiger charge is 2.20. The number of hydrogen-bond acceptors (Lipinski definition) is 4. The smallest absolute Gasteiger partial charge is 0.160 e. The molecule has 3 heterocycles. The molecule has 2 aromatic heterocycles. The first-order valence-corrected chi connectivity index (χ1v) is 9.56. The molecule has 1 fully saturated rings. The second-order valence-corrected chi connectivity index (χ2v) is 7.44. The zero-order chi connectivity index (χ0) is 19.0. The van der Waals surface area contributed by atoms with Crippen LogP contribution in [0.1, 0.15) is 28.9 Å². The summed E-state index contributed by atoms with van der Waals surface area (Å²) in [5.74, 6) is 0.944. The summed E-state index contributed by atoms with van der Waals surface area (Å²) >= 11 is 0. The van der Waals surface area contributed by atoms with Gasteiger partial charge < -0.3 is 4.90 Å². The summed E-state index contributed by atoms with van der Waals surface area (Å²) in [6, 6.07) is 8.97. The van der Waals surface area contributed by atoms with E-state index < -0.39 is 0 Å². The maximum absolute atomic E-state index is 13.1. The molecule has 3 aromatic rings. The van der Waals surface area contributed by atoms with Gasteiger partial charge >= 0.3 is 0 Å². The van der Waals surface area contributed by atoms with Crippen LogP contribution >= 0.6 is 0 Å². The fourth-order valence-electron chi connectivity index (χ4n) is 3.76. The highest BCUT2D eigenvalue weighted by molar-refractivity contribution is 5.56. The van der Waals surface area contributed by atoms with Gasteiger partial charge in [0.2, 0.25) is 0 Å². The van der Waals surface area contributed by atoms with Gasteiger partial charge in [-0.3, -0.25) is 4.90 Å². The number of aromatic nitrogens is 3. The van der Waals surface area contributed by atoms with E-state index in [-0.39, 0.29) is 5.82 Å². The summed E-state index contributed by atoms with van der Waals surface area (Å²) in [6.07, 6.45) is 1.09. The first-order chi connectivity index (χ1) is 13.0. The molecule has 142 valence electrons. The summed E-state index contributed by atoms with van der Waals surface area (Å²) in [5.41, 5.74) is 5.31. The molecule has 1 saturated heterocycles. The number of benzene rings is 1. The molecule has 0 amide bonds. The van der Waals surface area contributed by atoms with Gasteiger partial charge in [0.1, 0.15) is 11.6 Å². The second-order valence-electron chi connectivity index (χ2n) is 7.44. The number of nitrogens with zero attached hydrogens (tertiary/aromatic N) is 5. The summed E-state index contributed by atoms with van der Waals surface area (Å²) in [5, 5.41) is 4.72. The lowest BCUT2D eigenvalue weighted by Gasteiger charge is -2.24. The standard InChI is InChI=1S/C21H26FN5/c1-15-13-20(27-21(23-15)16(2)17(3)24-27)26-10-4-9-25(11-12-26)14-18-5-7-19(22)8-6-18/h5-8,13H,4,9-12,14H2,1-3H3. The number of aryl methyl sites for hydroxylation is 3. The fourth-order valence-corrected chi connectivity index (χ4v) is 3.76. The lowest BCUT2D eigenvalue weighted by Crippen LogP contribution is -2.31. The van der Waals surface area contributed by atoms with E-state index in [0.29, 0.717) is 0 Å². The van der Waals surface area contributed by atoms with Gasteiger partial charge in [-0.15, -0.1) is 0 Å². The Morgan fingerprint density at radius 1 is 1.00 bits per heavy atom. The molecule has 0 unspecified atom stereocenters. The van der Waals surface area contributed by atoms with Crippen LogP contribution in [0.25, 0.3) is 5.65 Å². The molecule has 1 aliphatic heterocycles. The summed E-state index contributed by atoms with van der Waals surface area (Å²) in [4.78, 5) is 9.54. The first kappa shape index (κ1) is 17.9. The third-order valence-corrected chi connectivity index (χ3v) is 5.40. The van der Waals surface area contributed by atoms with Crippen molar-refractivity contribution in [3.8, 4) is 0 Å². The Balaban J connectivity index is 1.54. The van der Waals surface area contributed by atoms with Crippen molar-refractivity contribution in [3.63, 3.8) is 0 Å². The van der Waals surface area contributed by atoms with Crippen LogP contribution in [-0.4, -0.2) is 45.7 Å². The predicted octanol–water partition coefficient (Wildman–Crippen LogP) is 3.51. The van der Waals surface area contributed by atoms with Crippen molar-refractivity contribution in [2.45, 2.75) is 33.7 Å². The number of hydrogen-bond donors (Lipinski definition) is 0. The third-order valence-electron chi connectivity index (χ3n) is 5.40. The molecule has 0 bridgehead atoms. The normalized spacial score (nSPS) is 16.1. The molecule has 0 radical (unpaired) electrons. The van der Waals surface area contributed by atoms with Gasteiger partial charge in [-0.1, -0.05) is 12.1 Å². The topological polar surface area (TPSA) is 36.7 Å². The number of halogens is 1. The van der Waals surface area contributed by atoms with E-state index in [2.05, 4.69) is 27.8 Å². The van der Waals surface area contributed by atoms with Crippen molar-refractivity contribution in [2.75, 3.05) is 31.1 Å². The van der Waals surface area contributed by atoms with Gasteiger partial charge in [-0.25, -0.2) is 9.37 Å². The summed E-state index contributed by atoms with van der Waals surface area (Å²) in [6.45, 7) is 11.0. The van der Waals surface area contributed by atoms with Gasteiger partial charge in [0.15, 0.2) is 5.65 Å². The maximum atomic E-state index is 13.1. The van der Waals surface area contributed by atoms with Crippen LogP contribution < -0.4 is 4.90 Å². The van der Waals surface area contributed by atoms with Gasteiger partial charge in [0.25, 0.3) is 0 Å². The Bertz CT molecular complexity index is 947. The molecule has 6 heteroatoms. The molecule has 1 aromatic carbocycles. The fraction of sp³-hybridized carbons (Fsp3) is 0.429. The first-order valence-electron chi connectivity index (χ1n) is 9.56. The van der Waals surface area contributed by atoms with Crippen molar-refractivity contribution in [1.29, 1.82) is 0 Å². The zero-order valence-corrected chi connectivity index (χ0v) is 16.2. The van der Waals surface area contributed by atoms with Crippen LogP contribution in [0.15, 0.2) is 30.3 Å². The molecule has 1 aliphatic rings. The molecular formula is C21H26FN5. The molecule has 0 spiro atoms. The van der Waals surface area contributed by atoms with E-state index in [1.165, 1.54) is 12.1 Å². The van der Waals surface area contributed by atoms with E-state index in [1.807, 2.05) is 30.5 Å². The molecule has 0 aliphatic carbocycles. The van der Waals surface area contributed by atoms with E-state index in [0.717, 1.165) is 73.1 Å². The molecule has 0 atom stereocenters. The second kappa shape index (κ2) is 7.27. The maximum Gasteiger partial charge on any atom is 0.160 e. The number of anilines is 1. The van der Waals surface area contributed by atoms with Crippen molar-refractivity contribution >= 4 is 11.5 Å². The average molecular weight is 367 g/mol. The highest BCUT2D eigenvalue weighted by atomic mass is 19.1. The zero-order valence-electron chi connectivity index (χ0n) is 16.2. The van der Waals surface area contributed by atoms with Crippen LogP contribution in [0.3, 0.4) is 0 Å². The van der Waals surface area contributed by atoms with Crippen LogP contribution in [-0.2, 0) is 6.54 Å². The Morgan fingerprint density at radius 2 is 1.78 bits per heavy atom. The summed E-state index contributed by atoms with van der Waals surface area (Å²) < 4.78 is 15.1. The number of rotatable bonds is 3. The lowest BCUT2D eigenvalue weighted by molar-refractivity contribution is 0.285. The van der Waals surface area contributed by atoms with E-state index in [1.54, 1.807) is 0 Å². The SMILES string of the molecule is Cc1cc(N2CCCN(Cc3ccc(F)cc3)CC2)n2nc(C)c(C)c2n1. The van der Waals surface area contributed by atoms with Crippen LogP contribution in [0.2, 0.25) is 0 Å². The van der Waals surface area contributed by atoms with Crippen molar-refractivity contribution in [1.82, 2.24) is 19.5 Å². The largest absolute Gasteiger partial charge is 0.355 e. The summed E-state index contributed by atoms with van der Waals surface area (Å²) in [7, 11) is 0. The Labute approximate surface area is 159 Å². The van der Waals surface area contributed by atoms with Crippen LogP contribution in [0.5, 0.6) is 0 Å². The molecule has 0 N–H and O–H groups in total. The minimum Gasteiger partial charge on any atom is -0.355 e. The van der Waals surface area contributed by atoms with E-state index in [4.69, 9.17) is 5.10 Å².